The van der Waals surface area contributed by atoms with Crippen LogP contribution in [-0.2, 0) is 6.18 Å². The second-order valence-corrected chi connectivity index (χ2v) is 5.57. The first-order valence-electron chi connectivity index (χ1n) is 7.83. The number of alkyl halides is 3. The zero-order valence-electron chi connectivity index (χ0n) is 13.5. The second kappa shape index (κ2) is 7.31. The third-order valence-electron chi connectivity index (χ3n) is 3.66. The van der Waals surface area contributed by atoms with Crippen molar-refractivity contribution < 1.29 is 18.0 Å². The van der Waals surface area contributed by atoms with E-state index in [1.54, 1.807) is 24.3 Å². The summed E-state index contributed by atoms with van der Waals surface area (Å²) < 4.78 is 39.2. The standard InChI is InChI=1S/C20H15F3N2O/c21-20(22,23)18-12-5-4-11-17(18)19(26)25-16-10-6-9-15(13-16)24-14-7-2-1-3-8-14/h1-13,24H,(H,25,26). The molecule has 3 aromatic rings. The molecule has 0 aliphatic carbocycles. The SMILES string of the molecule is O=C(Nc1cccc(Nc2ccccc2)c1)c1ccccc1C(F)(F)F. The van der Waals surface area contributed by atoms with E-state index in [1.807, 2.05) is 30.3 Å². The largest absolute Gasteiger partial charge is 0.417 e. The maximum Gasteiger partial charge on any atom is 0.417 e. The summed E-state index contributed by atoms with van der Waals surface area (Å²) in [5.74, 6) is -0.810. The molecule has 0 aliphatic heterocycles. The van der Waals surface area contributed by atoms with Crippen LogP contribution in [0.25, 0.3) is 0 Å². The third-order valence-corrected chi connectivity index (χ3v) is 3.66. The Balaban J connectivity index is 1.80. The fourth-order valence-electron chi connectivity index (χ4n) is 2.49. The Labute approximate surface area is 148 Å². The Hall–Kier alpha value is -3.28. The summed E-state index contributed by atoms with van der Waals surface area (Å²) >= 11 is 0. The molecule has 2 N–H and O–H groups in total. The van der Waals surface area contributed by atoms with Crippen molar-refractivity contribution in [2.45, 2.75) is 6.18 Å². The van der Waals surface area contributed by atoms with Crippen molar-refractivity contribution in [3.05, 3.63) is 90.0 Å². The van der Waals surface area contributed by atoms with Gasteiger partial charge in [0.15, 0.2) is 0 Å². The zero-order valence-corrected chi connectivity index (χ0v) is 13.5. The number of hydrogen-bond acceptors (Lipinski definition) is 2. The summed E-state index contributed by atoms with van der Waals surface area (Å²) in [6.45, 7) is 0. The molecule has 0 fully saturated rings. The molecular weight excluding hydrogens is 341 g/mol. The minimum Gasteiger partial charge on any atom is -0.355 e. The van der Waals surface area contributed by atoms with E-state index in [0.29, 0.717) is 11.4 Å². The lowest BCUT2D eigenvalue weighted by atomic mass is 10.1. The van der Waals surface area contributed by atoms with E-state index in [4.69, 9.17) is 0 Å². The first-order valence-corrected chi connectivity index (χ1v) is 7.83. The van der Waals surface area contributed by atoms with E-state index in [1.165, 1.54) is 12.1 Å². The average Bonchev–Trinajstić information content (AvgIpc) is 2.62. The normalized spacial score (nSPS) is 11.0. The van der Waals surface area contributed by atoms with E-state index in [-0.39, 0.29) is 0 Å². The number of carbonyl (C=O) groups is 1. The van der Waals surface area contributed by atoms with Crippen LogP contribution in [0.5, 0.6) is 0 Å². The van der Waals surface area contributed by atoms with Crippen LogP contribution in [-0.4, -0.2) is 5.91 Å². The van der Waals surface area contributed by atoms with Crippen molar-refractivity contribution in [2.24, 2.45) is 0 Å². The second-order valence-electron chi connectivity index (χ2n) is 5.57. The summed E-state index contributed by atoms with van der Waals surface area (Å²) in [6, 6.07) is 20.9. The molecule has 0 aliphatic rings. The molecule has 0 atom stereocenters. The summed E-state index contributed by atoms with van der Waals surface area (Å²) in [6.07, 6.45) is -4.59. The lowest BCUT2D eigenvalue weighted by molar-refractivity contribution is -0.137. The monoisotopic (exact) mass is 356 g/mol. The van der Waals surface area contributed by atoms with Gasteiger partial charge in [-0.05, 0) is 42.5 Å². The zero-order chi connectivity index (χ0) is 18.6. The molecule has 0 spiro atoms. The van der Waals surface area contributed by atoms with Crippen molar-refractivity contribution in [1.82, 2.24) is 0 Å². The van der Waals surface area contributed by atoms with Crippen molar-refractivity contribution in [3.8, 4) is 0 Å². The molecule has 0 aromatic heterocycles. The van der Waals surface area contributed by atoms with Gasteiger partial charge >= 0.3 is 6.18 Å². The molecule has 3 nitrogen and oxygen atoms in total. The highest BCUT2D eigenvalue weighted by Crippen LogP contribution is 2.32. The highest BCUT2D eigenvalue weighted by molar-refractivity contribution is 6.05. The minimum absolute atomic E-state index is 0.396. The molecule has 0 bridgehead atoms. The molecule has 0 saturated heterocycles. The van der Waals surface area contributed by atoms with E-state index in [2.05, 4.69) is 10.6 Å². The smallest absolute Gasteiger partial charge is 0.355 e. The summed E-state index contributed by atoms with van der Waals surface area (Å²) in [7, 11) is 0. The molecule has 3 rings (SSSR count). The summed E-state index contributed by atoms with van der Waals surface area (Å²) in [5.41, 5.74) is 0.585. The van der Waals surface area contributed by atoms with Crippen molar-refractivity contribution >= 4 is 23.0 Å². The number of nitrogens with one attached hydrogen (secondary N) is 2. The molecule has 0 saturated carbocycles. The van der Waals surface area contributed by atoms with Gasteiger partial charge in [0.25, 0.3) is 5.91 Å². The molecule has 1 amide bonds. The molecule has 132 valence electrons. The van der Waals surface area contributed by atoms with Gasteiger partial charge in [0, 0.05) is 17.1 Å². The van der Waals surface area contributed by atoms with Crippen molar-refractivity contribution in [3.63, 3.8) is 0 Å². The maximum atomic E-state index is 13.1. The van der Waals surface area contributed by atoms with Gasteiger partial charge in [0.1, 0.15) is 0 Å². The van der Waals surface area contributed by atoms with Gasteiger partial charge in [-0.3, -0.25) is 4.79 Å². The third kappa shape index (κ3) is 4.22. The van der Waals surface area contributed by atoms with Crippen LogP contribution >= 0.6 is 0 Å². The van der Waals surface area contributed by atoms with Crippen LogP contribution in [0.2, 0.25) is 0 Å². The van der Waals surface area contributed by atoms with E-state index >= 15 is 0 Å². The van der Waals surface area contributed by atoms with E-state index in [9.17, 15) is 18.0 Å². The molecule has 0 radical (unpaired) electrons. The van der Waals surface area contributed by atoms with Gasteiger partial charge in [0.05, 0.1) is 11.1 Å². The predicted molar refractivity (Wildman–Crippen MR) is 95.6 cm³/mol. The first kappa shape index (κ1) is 17.5. The van der Waals surface area contributed by atoms with Crippen molar-refractivity contribution in [1.29, 1.82) is 0 Å². The molecular formula is C20H15F3N2O. The minimum atomic E-state index is -4.59. The number of halogens is 3. The van der Waals surface area contributed by atoms with Crippen LogP contribution in [0, 0.1) is 0 Å². The Morgan fingerprint density at radius 2 is 1.35 bits per heavy atom. The van der Waals surface area contributed by atoms with Gasteiger partial charge in [-0.1, -0.05) is 36.4 Å². The summed E-state index contributed by atoms with van der Waals surface area (Å²) in [4.78, 5) is 12.3. The number of para-hydroxylation sites is 1. The topological polar surface area (TPSA) is 41.1 Å². The van der Waals surface area contributed by atoms with Gasteiger partial charge in [-0.15, -0.1) is 0 Å². The highest BCUT2D eigenvalue weighted by Gasteiger charge is 2.34. The lowest BCUT2D eigenvalue weighted by Gasteiger charge is -2.13. The van der Waals surface area contributed by atoms with Crippen LogP contribution < -0.4 is 10.6 Å². The van der Waals surface area contributed by atoms with E-state index in [0.717, 1.165) is 17.8 Å². The number of carbonyl (C=O) groups excluding carboxylic acids is 1. The number of rotatable bonds is 4. The Morgan fingerprint density at radius 1 is 0.731 bits per heavy atom. The quantitative estimate of drug-likeness (QED) is 0.629. The van der Waals surface area contributed by atoms with E-state index < -0.39 is 23.2 Å². The van der Waals surface area contributed by atoms with Crippen LogP contribution in [0.4, 0.5) is 30.2 Å². The van der Waals surface area contributed by atoms with Crippen LogP contribution in [0.3, 0.4) is 0 Å². The lowest BCUT2D eigenvalue weighted by Crippen LogP contribution is -2.18. The Bertz CT molecular complexity index is 908. The van der Waals surface area contributed by atoms with Crippen LogP contribution in [0.15, 0.2) is 78.9 Å². The maximum absolute atomic E-state index is 13.1. The fourth-order valence-corrected chi connectivity index (χ4v) is 2.49. The molecule has 0 heterocycles. The number of benzene rings is 3. The fraction of sp³-hybridized carbons (Fsp3) is 0.0500. The molecule has 6 heteroatoms. The average molecular weight is 356 g/mol. The number of hydrogen-bond donors (Lipinski definition) is 2. The Kier molecular flexibility index (Phi) is 4.93. The Morgan fingerprint density at radius 3 is 2.08 bits per heavy atom. The summed E-state index contributed by atoms with van der Waals surface area (Å²) in [5, 5.41) is 5.68. The molecule has 3 aromatic carbocycles. The highest BCUT2D eigenvalue weighted by atomic mass is 19.4. The van der Waals surface area contributed by atoms with Gasteiger partial charge in [-0.2, -0.15) is 13.2 Å². The van der Waals surface area contributed by atoms with Gasteiger partial charge in [0.2, 0.25) is 0 Å². The predicted octanol–water partition coefficient (Wildman–Crippen LogP) is 5.70. The van der Waals surface area contributed by atoms with Gasteiger partial charge < -0.3 is 10.6 Å². The number of anilines is 3. The van der Waals surface area contributed by atoms with Crippen molar-refractivity contribution in [2.75, 3.05) is 10.6 Å². The van der Waals surface area contributed by atoms with Crippen LogP contribution in [0.1, 0.15) is 15.9 Å². The number of amides is 1. The first-order chi connectivity index (χ1) is 12.4. The molecule has 26 heavy (non-hydrogen) atoms. The molecule has 0 unspecified atom stereocenters. The van der Waals surface area contributed by atoms with Gasteiger partial charge in [-0.25, -0.2) is 0 Å².